The lowest BCUT2D eigenvalue weighted by atomic mass is 10.1. The van der Waals surface area contributed by atoms with E-state index in [-0.39, 0.29) is 17.8 Å². The lowest BCUT2D eigenvalue weighted by Gasteiger charge is -2.14. The van der Waals surface area contributed by atoms with E-state index in [9.17, 15) is 9.18 Å². The van der Waals surface area contributed by atoms with Crippen molar-refractivity contribution < 1.29 is 9.18 Å². The van der Waals surface area contributed by atoms with E-state index in [1.807, 2.05) is 13.0 Å². The van der Waals surface area contributed by atoms with Gasteiger partial charge < -0.3 is 5.32 Å². The number of hydrogen-bond donors (Lipinski definition) is 1. The summed E-state index contributed by atoms with van der Waals surface area (Å²) in [6.07, 6.45) is 2.37. The zero-order valence-electron chi connectivity index (χ0n) is 9.88. The zero-order chi connectivity index (χ0) is 12.7. The van der Waals surface area contributed by atoms with E-state index in [0.717, 1.165) is 23.7 Å². The van der Waals surface area contributed by atoms with E-state index in [1.54, 1.807) is 6.07 Å². The maximum atomic E-state index is 13.0. The Morgan fingerprint density at radius 1 is 1.47 bits per heavy atom. The third-order valence-electron chi connectivity index (χ3n) is 2.51. The van der Waals surface area contributed by atoms with Crippen molar-refractivity contribution in [3.05, 3.63) is 35.6 Å². The van der Waals surface area contributed by atoms with E-state index >= 15 is 0 Å². The molecule has 0 aromatic heterocycles. The van der Waals surface area contributed by atoms with Crippen molar-refractivity contribution in [1.82, 2.24) is 5.32 Å². The average Bonchev–Trinajstić information content (AvgIpc) is 2.29. The highest BCUT2D eigenvalue weighted by Crippen LogP contribution is 2.13. The summed E-state index contributed by atoms with van der Waals surface area (Å²) >= 11 is 3.32. The normalized spacial score (nSPS) is 12.2. The Morgan fingerprint density at radius 2 is 2.24 bits per heavy atom. The highest BCUT2D eigenvalue weighted by atomic mass is 79.9. The minimum absolute atomic E-state index is 0.0164. The van der Waals surface area contributed by atoms with Crippen LogP contribution in [0.2, 0.25) is 0 Å². The number of unbranched alkanes of at least 4 members (excludes halogenated alkanes) is 1. The van der Waals surface area contributed by atoms with Crippen molar-refractivity contribution in [2.24, 2.45) is 0 Å². The number of rotatable bonds is 6. The van der Waals surface area contributed by atoms with Crippen LogP contribution >= 0.6 is 15.9 Å². The molecule has 0 unspecified atom stereocenters. The molecule has 2 nitrogen and oxygen atoms in total. The molecular weight excluding hydrogens is 285 g/mol. The van der Waals surface area contributed by atoms with Gasteiger partial charge in [0.05, 0.1) is 6.04 Å². The van der Waals surface area contributed by atoms with Crippen molar-refractivity contribution in [3.63, 3.8) is 0 Å². The van der Waals surface area contributed by atoms with Crippen molar-refractivity contribution in [3.8, 4) is 0 Å². The van der Waals surface area contributed by atoms with Gasteiger partial charge in [0.15, 0.2) is 0 Å². The summed E-state index contributed by atoms with van der Waals surface area (Å²) in [6.45, 7) is 1.86. The summed E-state index contributed by atoms with van der Waals surface area (Å²) in [4.78, 5) is 11.6. The van der Waals surface area contributed by atoms with Crippen molar-refractivity contribution in [2.75, 3.05) is 5.33 Å². The van der Waals surface area contributed by atoms with Gasteiger partial charge >= 0.3 is 0 Å². The van der Waals surface area contributed by atoms with Crippen LogP contribution in [-0.2, 0) is 4.79 Å². The molecule has 17 heavy (non-hydrogen) atoms. The van der Waals surface area contributed by atoms with E-state index in [4.69, 9.17) is 0 Å². The highest BCUT2D eigenvalue weighted by molar-refractivity contribution is 9.09. The maximum absolute atomic E-state index is 13.0. The third kappa shape index (κ3) is 5.31. The highest BCUT2D eigenvalue weighted by Gasteiger charge is 2.09. The van der Waals surface area contributed by atoms with Gasteiger partial charge in [-0.1, -0.05) is 28.1 Å². The zero-order valence-corrected chi connectivity index (χ0v) is 11.5. The van der Waals surface area contributed by atoms with Gasteiger partial charge in [-0.15, -0.1) is 0 Å². The minimum atomic E-state index is -0.275. The average molecular weight is 302 g/mol. The van der Waals surface area contributed by atoms with Gasteiger partial charge in [0, 0.05) is 11.8 Å². The summed E-state index contributed by atoms with van der Waals surface area (Å²) in [5.41, 5.74) is 0.791. The van der Waals surface area contributed by atoms with Crippen LogP contribution in [0.1, 0.15) is 37.8 Å². The predicted molar refractivity (Wildman–Crippen MR) is 70.6 cm³/mol. The number of carbonyl (C=O) groups is 1. The van der Waals surface area contributed by atoms with Crippen LogP contribution in [0.25, 0.3) is 0 Å². The van der Waals surface area contributed by atoms with Gasteiger partial charge in [0.1, 0.15) is 5.82 Å². The van der Waals surface area contributed by atoms with Gasteiger partial charge in [-0.2, -0.15) is 0 Å². The molecule has 94 valence electrons. The van der Waals surface area contributed by atoms with Gasteiger partial charge in [0.2, 0.25) is 5.91 Å². The summed E-state index contributed by atoms with van der Waals surface area (Å²) in [6, 6.07) is 6.16. The van der Waals surface area contributed by atoms with Gasteiger partial charge in [-0.3, -0.25) is 4.79 Å². The smallest absolute Gasteiger partial charge is 0.220 e. The fourth-order valence-electron chi connectivity index (χ4n) is 1.55. The van der Waals surface area contributed by atoms with E-state index in [1.165, 1.54) is 12.1 Å². The summed E-state index contributed by atoms with van der Waals surface area (Å²) in [7, 11) is 0. The summed E-state index contributed by atoms with van der Waals surface area (Å²) in [5.74, 6) is -0.259. The van der Waals surface area contributed by atoms with Crippen LogP contribution in [0.4, 0.5) is 4.39 Å². The molecule has 0 aliphatic rings. The predicted octanol–water partition coefficient (Wildman–Crippen LogP) is 3.57. The first-order valence-electron chi connectivity index (χ1n) is 5.74. The molecule has 4 heteroatoms. The second-order valence-corrected chi connectivity index (χ2v) is 4.78. The van der Waals surface area contributed by atoms with Crippen LogP contribution in [0.15, 0.2) is 24.3 Å². The van der Waals surface area contributed by atoms with E-state index in [0.29, 0.717) is 6.42 Å². The molecule has 0 fully saturated rings. The molecule has 0 saturated heterocycles. The number of carbonyl (C=O) groups excluding carboxylic acids is 1. The summed E-state index contributed by atoms with van der Waals surface area (Å²) < 4.78 is 13.0. The number of hydrogen-bond acceptors (Lipinski definition) is 1. The molecule has 1 aromatic carbocycles. The molecule has 0 aliphatic heterocycles. The molecule has 0 aliphatic carbocycles. The first-order valence-corrected chi connectivity index (χ1v) is 6.86. The van der Waals surface area contributed by atoms with Gasteiger partial charge in [-0.05, 0) is 37.5 Å². The first-order chi connectivity index (χ1) is 8.13. The van der Waals surface area contributed by atoms with Crippen molar-refractivity contribution in [1.29, 1.82) is 0 Å². The lowest BCUT2D eigenvalue weighted by Crippen LogP contribution is -2.26. The molecule has 0 radical (unpaired) electrons. The first kappa shape index (κ1) is 14.2. The Balaban J connectivity index is 2.43. The van der Waals surface area contributed by atoms with E-state index in [2.05, 4.69) is 21.2 Å². The number of benzene rings is 1. The molecule has 0 spiro atoms. The third-order valence-corrected chi connectivity index (χ3v) is 3.07. The summed E-state index contributed by atoms with van der Waals surface area (Å²) in [5, 5.41) is 3.78. The van der Waals surface area contributed by atoms with Crippen LogP contribution in [-0.4, -0.2) is 11.2 Å². The lowest BCUT2D eigenvalue weighted by molar-refractivity contribution is -0.121. The van der Waals surface area contributed by atoms with Gasteiger partial charge in [-0.25, -0.2) is 4.39 Å². The second-order valence-electron chi connectivity index (χ2n) is 3.99. The monoisotopic (exact) mass is 301 g/mol. The topological polar surface area (TPSA) is 29.1 Å². The van der Waals surface area contributed by atoms with Crippen molar-refractivity contribution >= 4 is 21.8 Å². The molecule has 0 saturated carbocycles. The largest absolute Gasteiger partial charge is 0.350 e. The molecule has 1 amide bonds. The number of amides is 1. The molecular formula is C13H17BrFNO. The second kappa shape index (κ2) is 7.43. The number of halogens is 2. The van der Waals surface area contributed by atoms with Crippen LogP contribution in [0, 0.1) is 5.82 Å². The Kier molecular flexibility index (Phi) is 6.19. The minimum Gasteiger partial charge on any atom is -0.350 e. The maximum Gasteiger partial charge on any atom is 0.220 e. The van der Waals surface area contributed by atoms with E-state index < -0.39 is 0 Å². The Labute approximate surface area is 110 Å². The number of alkyl halides is 1. The standard InChI is InChI=1S/C13H17BrFNO/c1-10(11-5-4-6-12(15)9-11)16-13(17)7-2-3-8-14/h4-6,9-10H,2-3,7-8H2,1H3,(H,16,17)/t10-/m0/s1. The quantitative estimate of drug-likeness (QED) is 0.632. The Bertz CT molecular complexity index is 370. The van der Waals surface area contributed by atoms with Gasteiger partial charge in [0.25, 0.3) is 0 Å². The molecule has 0 heterocycles. The molecule has 1 N–H and O–H groups in total. The molecule has 0 bridgehead atoms. The fourth-order valence-corrected chi connectivity index (χ4v) is 1.95. The molecule has 1 aromatic rings. The van der Waals surface area contributed by atoms with Crippen LogP contribution < -0.4 is 5.32 Å². The SMILES string of the molecule is C[C@H](NC(=O)CCCCBr)c1cccc(F)c1. The molecule has 1 rings (SSSR count). The van der Waals surface area contributed by atoms with Crippen LogP contribution in [0.5, 0.6) is 0 Å². The number of nitrogens with one attached hydrogen (secondary N) is 1. The van der Waals surface area contributed by atoms with Crippen LogP contribution in [0.3, 0.4) is 0 Å². The fraction of sp³-hybridized carbons (Fsp3) is 0.462. The molecule has 1 atom stereocenters. The Morgan fingerprint density at radius 3 is 2.88 bits per heavy atom. The van der Waals surface area contributed by atoms with Crippen molar-refractivity contribution in [2.45, 2.75) is 32.2 Å². The Hall–Kier alpha value is -0.900.